The average molecular weight is 173 g/mol. The molecule has 0 fully saturated rings. The number of thiazole rings is 1. The Balaban J connectivity index is 2.50. The van der Waals surface area contributed by atoms with Crippen LogP contribution in [0.1, 0.15) is 4.88 Å². The number of aliphatic hydroxyl groups excluding tert-OH is 1. The smallest absolute Gasteiger partial charge is 0.180 e. The Bertz CT molecular complexity index is 225. The van der Waals surface area contributed by atoms with E-state index in [4.69, 9.17) is 16.6 Å². The first-order valence-corrected chi connectivity index (χ1v) is 4.10. The molecule has 1 atom stereocenters. The summed E-state index contributed by atoms with van der Waals surface area (Å²) in [6, 6.07) is -0.199. The molecule has 0 aromatic carbocycles. The van der Waals surface area contributed by atoms with Gasteiger partial charge in [0, 0.05) is 23.5 Å². The highest BCUT2D eigenvalue weighted by Crippen LogP contribution is 2.15. The molecule has 4 nitrogen and oxygen atoms in total. The predicted octanol–water partition coefficient (Wildman–Crippen LogP) is -0.413. The number of aliphatic hydroxyl groups is 1. The second-order valence-corrected chi connectivity index (χ2v) is 3.46. The minimum Gasteiger partial charge on any atom is -0.395 e. The first kappa shape index (κ1) is 8.45. The van der Waals surface area contributed by atoms with E-state index in [-0.39, 0.29) is 12.6 Å². The lowest BCUT2D eigenvalue weighted by atomic mass is 10.2. The van der Waals surface area contributed by atoms with Gasteiger partial charge in [-0.25, -0.2) is 4.98 Å². The SMILES string of the molecule is Nc1ncc(CC(N)CO)s1. The molecule has 1 rings (SSSR count). The molecule has 1 aromatic heterocycles. The van der Waals surface area contributed by atoms with Crippen molar-refractivity contribution in [2.45, 2.75) is 12.5 Å². The Kier molecular flexibility index (Phi) is 2.81. The van der Waals surface area contributed by atoms with E-state index in [0.717, 1.165) is 4.88 Å². The fraction of sp³-hybridized carbons (Fsp3) is 0.500. The fourth-order valence-corrected chi connectivity index (χ4v) is 1.52. The van der Waals surface area contributed by atoms with E-state index in [1.807, 2.05) is 0 Å². The summed E-state index contributed by atoms with van der Waals surface area (Å²) in [5.41, 5.74) is 10.9. The molecule has 5 heteroatoms. The van der Waals surface area contributed by atoms with E-state index in [9.17, 15) is 0 Å². The lowest BCUT2D eigenvalue weighted by Crippen LogP contribution is -2.26. The van der Waals surface area contributed by atoms with Gasteiger partial charge in [-0.05, 0) is 0 Å². The molecule has 5 N–H and O–H groups in total. The first-order valence-electron chi connectivity index (χ1n) is 3.29. The highest BCUT2D eigenvalue weighted by Gasteiger charge is 2.04. The molecule has 0 spiro atoms. The second kappa shape index (κ2) is 3.66. The third-order valence-corrected chi connectivity index (χ3v) is 2.12. The zero-order valence-corrected chi connectivity index (χ0v) is 6.84. The minimum atomic E-state index is -0.199. The van der Waals surface area contributed by atoms with Gasteiger partial charge in [0.1, 0.15) is 0 Å². The molecule has 1 aromatic rings. The molecular weight excluding hydrogens is 162 g/mol. The van der Waals surface area contributed by atoms with Gasteiger partial charge in [0.15, 0.2) is 5.13 Å². The molecule has 1 unspecified atom stereocenters. The number of rotatable bonds is 3. The molecule has 0 amide bonds. The maximum absolute atomic E-state index is 8.63. The zero-order valence-electron chi connectivity index (χ0n) is 6.03. The summed E-state index contributed by atoms with van der Waals surface area (Å²) in [7, 11) is 0. The third kappa shape index (κ3) is 2.45. The number of hydrogen-bond donors (Lipinski definition) is 3. The zero-order chi connectivity index (χ0) is 8.27. The number of anilines is 1. The summed E-state index contributed by atoms with van der Waals surface area (Å²) in [4.78, 5) is 4.88. The van der Waals surface area contributed by atoms with Crippen molar-refractivity contribution in [3.05, 3.63) is 11.1 Å². The van der Waals surface area contributed by atoms with Crippen LogP contribution in [-0.4, -0.2) is 22.7 Å². The molecule has 11 heavy (non-hydrogen) atoms. The standard InChI is InChI=1S/C6H11N3OS/c7-4(3-10)1-5-2-9-6(8)11-5/h2,4,10H,1,3,7H2,(H2,8,9). The van der Waals surface area contributed by atoms with E-state index < -0.39 is 0 Å². The van der Waals surface area contributed by atoms with Gasteiger partial charge in [-0.1, -0.05) is 0 Å². The van der Waals surface area contributed by atoms with Crippen LogP contribution in [0, 0.1) is 0 Å². The topological polar surface area (TPSA) is 85.2 Å². The molecular formula is C6H11N3OS. The van der Waals surface area contributed by atoms with Gasteiger partial charge in [0.05, 0.1) is 6.61 Å². The van der Waals surface area contributed by atoms with Crippen molar-refractivity contribution < 1.29 is 5.11 Å². The normalized spacial score (nSPS) is 13.3. The van der Waals surface area contributed by atoms with Gasteiger partial charge in [-0.15, -0.1) is 11.3 Å². The summed E-state index contributed by atoms with van der Waals surface area (Å²) in [5, 5.41) is 9.18. The summed E-state index contributed by atoms with van der Waals surface area (Å²) in [5.74, 6) is 0. The number of aromatic nitrogens is 1. The van der Waals surface area contributed by atoms with Crippen molar-refractivity contribution in [3.63, 3.8) is 0 Å². The number of hydrogen-bond acceptors (Lipinski definition) is 5. The largest absolute Gasteiger partial charge is 0.395 e. The molecule has 0 bridgehead atoms. The molecule has 62 valence electrons. The van der Waals surface area contributed by atoms with Gasteiger partial charge in [0.25, 0.3) is 0 Å². The summed E-state index contributed by atoms with van der Waals surface area (Å²) >= 11 is 1.41. The van der Waals surface area contributed by atoms with Gasteiger partial charge in [-0.2, -0.15) is 0 Å². The van der Waals surface area contributed by atoms with E-state index >= 15 is 0 Å². The van der Waals surface area contributed by atoms with Crippen LogP contribution < -0.4 is 11.5 Å². The molecule has 0 saturated heterocycles. The van der Waals surface area contributed by atoms with Crippen molar-refractivity contribution in [1.29, 1.82) is 0 Å². The monoisotopic (exact) mass is 173 g/mol. The van der Waals surface area contributed by atoms with Gasteiger partial charge in [-0.3, -0.25) is 0 Å². The van der Waals surface area contributed by atoms with Crippen molar-refractivity contribution in [3.8, 4) is 0 Å². The van der Waals surface area contributed by atoms with Crippen LogP contribution in [0.25, 0.3) is 0 Å². The highest BCUT2D eigenvalue weighted by molar-refractivity contribution is 7.15. The van der Waals surface area contributed by atoms with Crippen LogP contribution in [0.3, 0.4) is 0 Å². The van der Waals surface area contributed by atoms with Crippen molar-refractivity contribution in [2.75, 3.05) is 12.3 Å². The Morgan fingerprint density at radius 2 is 2.45 bits per heavy atom. The Labute approximate surface area is 68.9 Å². The summed E-state index contributed by atoms with van der Waals surface area (Å²) < 4.78 is 0. The molecule has 0 aliphatic carbocycles. The molecule has 1 heterocycles. The van der Waals surface area contributed by atoms with E-state index in [0.29, 0.717) is 11.6 Å². The maximum atomic E-state index is 8.63. The lowest BCUT2D eigenvalue weighted by molar-refractivity contribution is 0.265. The van der Waals surface area contributed by atoms with Crippen LogP contribution in [0.5, 0.6) is 0 Å². The van der Waals surface area contributed by atoms with Crippen LogP contribution in [0.15, 0.2) is 6.20 Å². The summed E-state index contributed by atoms with van der Waals surface area (Å²) in [6.07, 6.45) is 2.33. The average Bonchev–Trinajstić information content (AvgIpc) is 2.35. The van der Waals surface area contributed by atoms with Crippen LogP contribution >= 0.6 is 11.3 Å². The first-order chi connectivity index (χ1) is 5.22. The van der Waals surface area contributed by atoms with E-state index in [1.165, 1.54) is 11.3 Å². The Morgan fingerprint density at radius 3 is 2.91 bits per heavy atom. The van der Waals surface area contributed by atoms with Crippen molar-refractivity contribution >= 4 is 16.5 Å². The predicted molar refractivity (Wildman–Crippen MR) is 45.3 cm³/mol. The third-order valence-electron chi connectivity index (χ3n) is 1.27. The second-order valence-electron chi connectivity index (χ2n) is 2.31. The van der Waals surface area contributed by atoms with Crippen molar-refractivity contribution in [1.82, 2.24) is 4.98 Å². The van der Waals surface area contributed by atoms with E-state index in [1.54, 1.807) is 6.20 Å². The molecule has 0 radical (unpaired) electrons. The minimum absolute atomic E-state index is 0.00218. The lowest BCUT2D eigenvalue weighted by Gasteiger charge is -2.03. The quantitative estimate of drug-likeness (QED) is 0.580. The van der Waals surface area contributed by atoms with Crippen molar-refractivity contribution in [2.24, 2.45) is 5.73 Å². The highest BCUT2D eigenvalue weighted by atomic mass is 32.1. The van der Waals surface area contributed by atoms with Gasteiger partial charge < -0.3 is 16.6 Å². The molecule has 0 aliphatic rings. The van der Waals surface area contributed by atoms with Gasteiger partial charge in [0.2, 0.25) is 0 Å². The molecule has 0 saturated carbocycles. The number of nitrogen functional groups attached to an aromatic ring is 1. The van der Waals surface area contributed by atoms with Gasteiger partial charge >= 0.3 is 0 Å². The number of nitrogens with two attached hydrogens (primary N) is 2. The van der Waals surface area contributed by atoms with E-state index in [2.05, 4.69) is 4.98 Å². The maximum Gasteiger partial charge on any atom is 0.180 e. The van der Waals surface area contributed by atoms with Crippen LogP contribution in [-0.2, 0) is 6.42 Å². The van der Waals surface area contributed by atoms with Crippen LogP contribution in [0.4, 0.5) is 5.13 Å². The Morgan fingerprint density at radius 1 is 1.73 bits per heavy atom. The Hall–Kier alpha value is -0.650. The molecule has 0 aliphatic heterocycles. The number of nitrogens with zero attached hydrogens (tertiary/aromatic N) is 1. The summed E-state index contributed by atoms with van der Waals surface area (Å²) in [6.45, 7) is -0.00218. The fourth-order valence-electron chi connectivity index (χ4n) is 0.740. The van der Waals surface area contributed by atoms with Crippen LogP contribution in [0.2, 0.25) is 0 Å².